The van der Waals surface area contributed by atoms with Crippen LogP contribution >= 0.6 is 0 Å². The molecule has 34 heavy (non-hydrogen) atoms. The molecule has 176 valence electrons. The van der Waals surface area contributed by atoms with Gasteiger partial charge in [-0.15, -0.1) is 0 Å². The van der Waals surface area contributed by atoms with Crippen molar-refractivity contribution in [1.82, 2.24) is 19.3 Å². The first-order valence-electron chi connectivity index (χ1n) is 10.5. The molecule has 2 aromatic heterocycles. The monoisotopic (exact) mass is 475 g/mol. The number of rotatable bonds is 2. The van der Waals surface area contributed by atoms with E-state index in [1.807, 2.05) is 0 Å². The first-order chi connectivity index (χ1) is 16.1. The van der Waals surface area contributed by atoms with E-state index in [0.717, 1.165) is 18.2 Å². The Morgan fingerprint density at radius 3 is 2.59 bits per heavy atom. The van der Waals surface area contributed by atoms with Crippen molar-refractivity contribution >= 4 is 28.3 Å². The summed E-state index contributed by atoms with van der Waals surface area (Å²) >= 11 is 0. The number of anilines is 1. The molecule has 1 aliphatic heterocycles. The maximum absolute atomic E-state index is 15.0. The summed E-state index contributed by atoms with van der Waals surface area (Å²) in [5.41, 5.74) is 5.60. The van der Waals surface area contributed by atoms with Gasteiger partial charge in [-0.1, -0.05) is 6.07 Å². The number of hydrogen-bond donors (Lipinski definition) is 1. The molecule has 0 saturated carbocycles. The van der Waals surface area contributed by atoms with Crippen LogP contribution in [-0.4, -0.2) is 31.7 Å². The van der Waals surface area contributed by atoms with Crippen LogP contribution in [0.25, 0.3) is 16.6 Å². The fourth-order valence-corrected chi connectivity index (χ4v) is 4.49. The van der Waals surface area contributed by atoms with E-state index in [0.29, 0.717) is 36.4 Å². The Balaban J connectivity index is 1.57. The molecule has 2 aromatic carbocycles. The quantitative estimate of drug-likeness (QED) is 0.408. The number of benzene rings is 2. The average Bonchev–Trinajstić information content (AvgIpc) is 3.29. The summed E-state index contributed by atoms with van der Waals surface area (Å²) in [5, 5.41) is 0. The number of imidazole rings is 1. The molecule has 3 heterocycles. The maximum Gasteiger partial charge on any atom is 0.416 e. The third-order valence-corrected chi connectivity index (χ3v) is 6.15. The van der Waals surface area contributed by atoms with Crippen molar-refractivity contribution in [2.75, 3.05) is 12.3 Å². The molecule has 6 nitrogen and oxygen atoms in total. The fraction of sp³-hybridized carbons (Fsp3) is 0.261. The number of alkyl halides is 3. The lowest BCUT2D eigenvalue weighted by molar-refractivity contribution is -0.137. The molecule has 0 aliphatic carbocycles. The summed E-state index contributed by atoms with van der Waals surface area (Å²) in [4.78, 5) is 22.9. The zero-order chi connectivity index (χ0) is 24.2. The molecule has 11 heteroatoms. The number of aromatic nitrogens is 3. The zero-order valence-electron chi connectivity index (χ0n) is 17.6. The minimum atomic E-state index is -4.69. The smallest absolute Gasteiger partial charge is 0.382 e. The summed E-state index contributed by atoms with van der Waals surface area (Å²) in [5.74, 6) is -2.43. The van der Waals surface area contributed by atoms with Gasteiger partial charge in [0, 0.05) is 18.2 Å². The predicted molar refractivity (Wildman–Crippen MR) is 114 cm³/mol. The van der Waals surface area contributed by atoms with Gasteiger partial charge in [-0.25, -0.2) is 18.7 Å². The Morgan fingerprint density at radius 1 is 1.06 bits per heavy atom. The molecule has 0 bridgehead atoms. The van der Waals surface area contributed by atoms with Crippen LogP contribution in [0.4, 0.5) is 27.8 Å². The summed E-state index contributed by atoms with van der Waals surface area (Å²) in [6.07, 6.45) is -0.153. The number of nitrogens with two attached hydrogens (primary N) is 1. The van der Waals surface area contributed by atoms with Gasteiger partial charge in [0.05, 0.1) is 40.7 Å². The van der Waals surface area contributed by atoms with Crippen LogP contribution in [0.3, 0.4) is 0 Å². The highest BCUT2D eigenvalue weighted by molar-refractivity contribution is 5.98. The van der Waals surface area contributed by atoms with Crippen LogP contribution < -0.4 is 5.73 Å². The van der Waals surface area contributed by atoms with E-state index in [1.54, 1.807) is 4.40 Å². The van der Waals surface area contributed by atoms with Crippen LogP contribution in [0.2, 0.25) is 0 Å². The van der Waals surface area contributed by atoms with Gasteiger partial charge in [-0.3, -0.25) is 9.20 Å². The number of fused-ring (bicyclic) bond motifs is 3. The number of carbonyl (C=O) groups is 1. The van der Waals surface area contributed by atoms with E-state index in [9.17, 15) is 22.4 Å². The minimum absolute atomic E-state index is 0.0336. The van der Waals surface area contributed by atoms with Crippen molar-refractivity contribution in [3.8, 4) is 0 Å². The van der Waals surface area contributed by atoms with Crippen molar-refractivity contribution in [3.63, 3.8) is 0 Å². The van der Waals surface area contributed by atoms with Crippen LogP contribution in [-0.2, 0) is 6.18 Å². The van der Waals surface area contributed by atoms with E-state index >= 15 is 4.39 Å². The van der Waals surface area contributed by atoms with Gasteiger partial charge < -0.3 is 10.6 Å². The highest BCUT2D eigenvalue weighted by atomic mass is 19.4. The Hall–Kier alpha value is -3.76. The SMILES string of the molecule is Nc1nc2cc(F)c(C(=O)N3CCCCC3c3ccc(C(F)(F)F)cc3F)cc2n2cncc12. The van der Waals surface area contributed by atoms with Gasteiger partial charge in [0.1, 0.15) is 23.0 Å². The molecule has 0 radical (unpaired) electrons. The van der Waals surface area contributed by atoms with Crippen molar-refractivity contribution in [3.05, 3.63) is 71.2 Å². The molecule has 1 unspecified atom stereocenters. The molecule has 1 saturated heterocycles. The maximum atomic E-state index is 15.0. The second kappa shape index (κ2) is 7.93. The Kier molecular flexibility index (Phi) is 5.14. The highest BCUT2D eigenvalue weighted by Gasteiger charge is 2.35. The molecule has 1 aliphatic rings. The van der Waals surface area contributed by atoms with Crippen LogP contribution in [0, 0.1) is 11.6 Å². The number of amides is 1. The normalized spacial score (nSPS) is 17.0. The van der Waals surface area contributed by atoms with Gasteiger partial charge >= 0.3 is 6.18 Å². The van der Waals surface area contributed by atoms with Crippen molar-refractivity contribution in [2.24, 2.45) is 0 Å². The highest BCUT2D eigenvalue weighted by Crippen LogP contribution is 2.37. The average molecular weight is 475 g/mol. The number of nitrogen functional groups attached to an aromatic ring is 1. The summed E-state index contributed by atoms with van der Waals surface area (Å²) in [6, 6.07) is 3.87. The summed E-state index contributed by atoms with van der Waals surface area (Å²) in [6.45, 7) is 0.210. The molecule has 2 N–H and O–H groups in total. The van der Waals surface area contributed by atoms with Crippen LogP contribution in [0.15, 0.2) is 42.9 Å². The van der Waals surface area contributed by atoms with E-state index < -0.39 is 35.3 Å². The Morgan fingerprint density at radius 2 is 1.85 bits per heavy atom. The Labute approximate surface area is 189 Å². The third kappa shape index (κ3) is 3.61. The second-order valence-electron chi connectivity index (χ2n) is 8.21. The van der Waals surface area contributed by atoms with Gasteiger partial charge in [-0.2, -0.15) is 13.2 Å². The molecular weight excluding hydrogens is 457 g/mol. The number of hydrogen-bond acceptors (Lipinski definition) is 4. The first-order valence-corrected chi connectivity index (χ1v) is 10.5. The third-order valence-electron chi connectivity index (χ3n) is 6.15. The molecule has 1 amide bonds. The van der Waals surface area contributed by atoms with Crippen molar-refractivity contribution < 1.29 is 26.7 Å². The Bertz CT molecular complexity index is 1430. The van der Waals surface area contributed by atoms with E-state index in [4.69, 9.17) is 5.73 Å². The van der Waals surface area contributed by atoms with Crippen molar-refractivity contribution in [1.29, 1.82) is 0 Å². The second-order valence-corrected chi connectivity index (χ2v) is 8.21. The lowest BCUT2D eigenvalue weighted by Gasteiger charge is -2.36. The number of carbonyl (C=O) groups excluding carboxylic acids is 1. The van der Waals surface area contributed by atoms with E-state index in [-0.39, 0.29) is 29.0 Å². The first kappa shape index (κ1) is 22.1. The van der Waals surface area contributed by atoms with Gasteiger partial charge in [0.25, 0.3) is 5.91 Å². The van der Waals surface area contributed by atoms with E-state index in [1.165, 1.54) is 23.5 Å². The molecule has 1 atom stereocenters. The predicted octanol–water partition coefficient (Wildman–Crippen LogP) is 5.13. The lowest BCUT2D eigenvalue weighted by Crippen LogP contribution is -2.39. The molecule has 1 fully saturated rings. The number of piperidine rings is 1. The molecule has 5 rings (SSSR count). The topological polar surface area (TPSA) is 76.5 Å². The van der Waals surface area contributed by atoms with Crippen LogP contribution in [0.5, 0.6) is 0 Å². The zero-order valence-corrected chi connectivity index (χ0v) is 17.6. The van der Waals surface area contributed by atoms with Gasteiger partial charge in [-0.05, 0) is 37.5 Å². The molecular formula is C23H18F5N5O. The van der Waals surface area contributed by atoms with Crippen molar-refractivity contribution in [2.45, 2.75) is 31.5 Å². The largest absolute Gasteiger partial charge is 0.416 e. The van der Waals surface area contributed by atoms with Gasteiger partial charge in [0.15, 0.2) is 0 Å². The fourth-order valence-electron chi connectivity index (χ4n) is 4.49. The standard InChI is InChI=1S/C23H18F5N5O/c24-15-7-12(23(26,27)28)4-5-13(15)18-3-1-2-6-32(18)22(34)14-8-19-17(9-16(14)25)31-21(29)20-10-30-11-33(19)20/h4-5,7-11,18H,1-3,6H2,(H2,29,31). The number of halogens is 5. The summed E-state index contributed by atoms with van der Waals surface area (Å²) < 4.78 is 70.2. The number of likely N-dealkylation sites (tertiary alicyclic amines) is 1. The lowest BCUT2D eigenvalue weighted by atomic mass is 9.93. The minimum Gasteiger partial charge on any atom is -0.382 e. The molecule has 4 aromatic rings. The molecule has 0 spiro atoms. The van der Waals surface area contributed by atoms with Crippen LogP contribution in [0.1, 0.15) is 46.8 Å². The van der Waals surface area contributed by atoms with E-state index in [2.05, 4.69) is 9.97 Å². The number of nitrogens with zero attached hydrogens (tertiary/aromatic N) is 4. The van der Waals surface area contributed by atoms with Gasteiger partial charge in [0.2, 0.25) is 0 Å². The summed E-state index contributed by atoms with van der Waals surface area (Å²) in [7, 11) is 0.